The predicted octanol–water partition coefficient (Wildman–Crippen LogP) is 3.47. The number of hydrogen-bond acceptors (Lipinski definition) is 4. The third-order valence-electron chi connectivity index (χ3n) is 2.88. The maximum absolute atomic E-state index is 4.54. The molecule has 1 atom stereocenters. The lowest BCUT2D eigenvalue weighted by atomic mass is 10.1. The third-order valence-corrected chi connectivity index (χ3v) is 2.88. The van der Waals surface area contributed by atoms with E-state index in [2.05, 4.69) is 34.4 Å². The van der Waals surface area contributed by atoms with E-state index in [9.17, 15) is 0 Å². The summed E-state index contributed by atoms with van der Waals surface area (Å²) < 4.78 is 0. The lowest BCUT2D eigenvalue weighted by molar-refractivity contribution is 0.870. The van der Waals surface area contributed by atoms with Gasteiger partial charge in [0.15, 0.2) is 0 Å². The van der Waals surface area contributed by atoms with Crippen LogP contribution in [0.5, 0.6) is 0 Å². The Kier molecular flexibility index (Phi) is 4.72. The molecule has 100 valence electrons. The van der Waals surface area contributed by atoms with Gasteiger partial charge in [-0.05, 0) is 43.2 Å². The van der Waals surface area contributed by atoms with Gasteiger partial charge in [-0.1, -0.05) is 13.0 Å². The van der Waals surface area contributed by atoms with Crippen molar-refractivity contribution in [3.05, 3.63) is 48.3 Å². The van der Waals surface area contributed by atoms with Crippen molar-refractivity contribution in [1.82, 2.24) is 9.97 Å². The molecular weight excluding hydrogens is 236 g/mol. The predicted molar refractivity (Wildman–Crippen MR) is 79.3 cm³/mol. The zero-order chi connectivity index (χ0) is 13.5. The lowest BCUT2D eigenvalue weighted by Crippen LogP contribution is -2.09. The fraction of sp³-hybridized carbons (Fsp3) is 0.333. The monoisotopic (exact) mass is 256 g/mol. The Morgan fingerprint density at radius 1 is 1.11 bits per heavy atom. The minimum absolute atomic E-state index is 0.205. The second-order valence-corrected chi connectivity index (χ2v) is 4.48. The summed E-state index contributed by atoms with van der Waals surface area (Å²) in [7, 11) is 0. The molecule has 2 N–H and O–H groups in total. The van der Waals surface area contributed by atoms with Crippen molar-refractivity contribution < 1.29 is 0 Å². The average molecular weight is 256 g/mol. The molecule has 4 heteroatoms. The van der Waals surface area contributed by atoms with E-state index in [1.807, 2.05) is 30.3 Å². The van der Waals surface area contributed by atoms with Crippen LogP contribution in [0.15, 0.2) is 42.7 Å². The van der Waals surface area contributed by atoms with Gasteiger partial charge < -0.3 is 10.6 Å². The molecule has 0 radical (unpaired) electrons. The standard InChI is InChI=1S/C15H20N4/c1-3-9-17-14-5-4-6-15(19-14)18-12(2)13-7-10-16-11-8-13/h4-8,10-12H,3,9H2,1-2H3,(H2,17,18,19). The molecular formula is C15H20N4. The van der Waals surface area contributed by atoms with Crippen molar-refractivity contribution in [3.8, 4) is 0 Å². The Bertz CT molecular complexity index is 499. The van der Waals surface area contributed by atoms with E-state index in [0.29, 0.717) is 0 Å². The molecule has 0 saturated heterocycles. The maximum atomic E-state index is 4.54. The molecule has 0 bridgehead atoms. The van der Waals surface area contributed by atoms with E-state index < -0.39 is 0 Å². The van der Waals surface area contributed by atoms with E-state index in [1.54, 1.807) is 12.4 Å². The fourth-order valence-electron chi connectivity index (χ4n) is 1.82. The Balaban J connectivity index is 2.02. The number of aromatic nitrogens is 2. The van der Waals surface area contributed by atoms with Crippen LogP contribution in [0.4, 0.5) is 11.6 Å². The molecule has 4 nitrogen and oxygen atoms in total. The van der Waals surface area contributed by atoms with Gasteiger partial charge >= 0.3 is 0 Å². The van der Waals surface area contributed by atoms with Gasteiger partial charge in [-0.3, -0.25) is 4.98 Å². The summed E-state index contributed by atoms with van der Waals surface area (Å²) in [6.07, 6.45) is 4.70. The van der Waals surface area contributed by atoms with E-state index in [-0.39, 0.29) is 6.04 Å². The van der Waals surface area contributed by atoms with Crippen LogP contribution in [0, 0.1) is 0 Å². The summed E-state index contributed by atoms with van der Waals surface area (Å²) in [4.78, 5) is 8.57. The lowest BCUT2D eigenvalue weighted by Gasteiger charge is -2.15. The van der Waals surface area contributed by atoms with Gasteiger partial charge in [0.2, 0.25) is 0 Å². The molecule has 2 aromatic heterocycles. The van der Waals surface area contributed by atoms with Gasteiger partial charge in [0.05, 0.1) is 6.04 Å². The molecule has 0 amide bonds. The Labute approximate surface area is 114 Å². The highest BCUT2D eigenvalue weighted by Crippen LogP contribution is 2.18. The van der Waals surface area contributed by atoms with Crippen LogP contribution in [-0.2, 0) is 0 Å². The number of hydrogen-bond donors (Lipinski definition) is 2. The van der Waals surface area contributed by atoms with Crippen molar-refractivity contribution in [1.29, 1.82) is 0 Å². The SMILES string of the molecule is CCCNc1cccc(NC(C)c2ccncc2)n1. The highest BCUT2D eigenvalue weighted by molar-refractivity contribution is 5.46. The smallest absolute Gasteiger partial charge is 0.128 e. The molecule has 19 heavy (non-hydrogen) atoms. The second-order valence-electron chi connectivity index (χ2n) is 4.48. The summed E-state index contributed by atoms with van der Waals surface area (Å²) in [5, 5.41) is 6.68. The van der Waals surface area contributed by atoms with Crippen LogP contribution in [0.25, 0.3) is 0 Å². The fourth-order valence-corrected chi connectivity index (χ4v) is 1.82. The van der Waals surface area contributed by atoms with Crippen molar-refractivity contribution in [2.45, 2.75) is 26.3 Å². The minimum atomic E-state index is 0.205. The van der Waals surface area contributed by atoms with E-state index >= 15 is 0 Å². The molecule has 0 fully saturated rings. The second kappa shape index (κ2) is 6.73. The highest BCUT2D eigenvalue weighted by Gasteiger charge is 2.05. The molecule has 0 aliphatic heterocycles. The molecule has 2 rings (SSSR count). The van der Waals surface area contributed by atoms with Crippen LogP contribution in [0.1, 0.15) is 31.9 Å². The summed E-state index contributed by atoms with van der Waals surface area (Å²) in [5.74, 6) is 1.79. The highest BCUT2D eigenvalue weighted by atomic mass is 15.1. The quantitative estimate of drug-likeness (QED) is 0.831. The Hall–Kier alpha value is -2.10. The largest absolute Gasteiger partial charge is 0.370 e. The van der Waals surface area contributed by atoms with Gasteiger partial charge in [0.1, 0.15) is 11.6 Å². The summed E-state index contributed by atoms with van der Waals surface area (Å²) in [5.41, 5.74) is 1.20. The summed E-state index contributed by atoms with van der Waals surface area (Å²) in [6, 6.07) is 10.2. The van der Waals surface area contributed by atoms with Crippen LogP contribution in [0.3, 0.4) is 0 Å². The topological polar surface area (TPSA) is 49.8 Å². The third kappa shape index (κ3) is 3.95. The van der Waals surface area contributed by atoms with E-state index in [4.69, 9.17) is 0 Å². The van der Waals surface area contributed by atoms with Gasteiger partial charge in [0.25, 0.3) is 0 Å². The summed E-state index contributed by atoms with van der Waals surface area (Å²) in [6.45, 7) is 5.19. The van der Waals surface area contributed by atoms with Crippen LogP contribution in [0.2, 0.25) is 0 Å². The normalized spacial score (nSPS) is 11.9. The van der Waals surface area contributed by atoms with Crippen molar-refractivity contribution >= 4 is 11.6 Å². The number of rotatable bonds is 6. The first kappa shape index (κ1) is 13.3. The van der Waals surface area contributed by atoms with E-state index in [1.165, 1.54) is 5.56 Å². The Morgan fingerprint density at radius 2 is 1.84 bits per heavy atom. The van der Waals surface area contributed by atoms with Gasteiger partial charge in [-0.15, -0.1) is 0 Å². The number of nitrogens with one attached hydrogen (secondary N) is 2. The molecule has 0 aliphatic rings. The first-order valence-electron chi connectivity index (χ1n) is 6.67. The Morgan fingerprint density at radius 3 is 2.58 bits per heavy atom. The maximum Gasteiger partial charge on any atom is 0.128 e. The zero-order valence-electron chi connectivity index (χ0n) is 11.4. The number of nitrogens with zero attached hydrogens (tertiary/aromatic N) is 2. The van der Waals surface area contributed by atoms with Crippen molar-refractivity contribution in [2.75, 3.05) is 17.2 Å². The molecule has 1 unspecified atom stereocenters. The summed E-state index contributed by atoms with van der Waals surface area (Å²) >= 11 is 0. The van der Waals surface area contributed by atoms with Crippen molar-refractivity contribution in [3.63, 3.8) is 0 Å². The van der Waals surface area contributed by atoms with Crippen LogP contribution in [-0.4, -0.2) is 16.5 Å². The van der Waals surface area contributed by atoms with Crippen LogP contribution < -0.4 is 10.6 Å². The van der Waals surface area contributed by atoms with Crippen LogP contribution >= 0.6 is 0 Å². The molecule has 0 aromatic carbocycles. The van der Waals surface area contributed by atoms with E-state index in [0.717, 1.165) is 24.6 Å². The molecule has 0 spiro atoms. The molecule has 2 heterocycles. The number of pyridine rings is 2. The minimum Gasteiger partial charge on any atom is -0.370 e. The average Bonchev–Trinajstić information content (AvgIpc) is 2.46. The first-order valence-corrected chi connectivity index (χ1v) is 6.67. The zero-order valence-corrected chi connectivity index (χ0v) is 11.4. The number of anilines is 2. The first-order chi connectivity index (χ1) is 9.29. The molecule has 2 aromatic rings. The molecule has 0 saturated carbocycles. The van der Waals surface area contributed by atoms with Gasteiger partial charge in [0, 0.05) is 18.9 Å². The van der Waals surface area contributed by atoms with Gasteiger partial charge in [-0.25, -0.2) is 4.98 Å². The molecule has 0 aliphatic carbocycles. The van der Waals surface area contributed by atoms with Crippen molar-refractivity contribution in [2.24, 2.45) is 0 Å². The van der Waals surface area contributed by atoms with Gasteiger partial charge in [-0.2, -0.15) is 0 Å².